The van der Waals surface area contributed by atoms with Crippen molar-refractivity contribution in [2.75, 3.05) is 6.61 Å². The van der Waals surface area contributed by atoms with Crippen molar-refractivity contribution in [2.24, 2.45) is 5.41 Å². The Morgan fingerprint density at radius 3 is 2.94 bits per heavy atom. The maximum Gasteiger partial charge on any atom is 0.225 e. The quantitative estimate of drug-likeness (QED) is 0.584. The molecule has 0 aliphatic heterocycles. The lowest BCUT2D eigenvalue weighted by molar-refractivity contribution is 0.131. The van der Waals surface area contributed by atoms with Crippen LogP contribution in [0.3, 0.4) is 0 Å². The van der Waals surface area contributed by atoms with Crippen molar-refractivity contribution in [3.05, 3.63) is 17.5 Å². The predicted octanol–water partition coefficient (Wildman–Crippen LogP) is 3.48. The van der Waals surface area contributed by atoms with Gasteiger partial charge in [0, 0.05) is 12.3 Å². The van der Waals surface area contributed by atoms with Crippen molar-refractivity contribution in [3.63, 3.8) is 0 Å². The molecular weight excluding hydrogens is 224 g/mol. The zero-order valence-corrected chi connectivity index (χ0v) is 10.3. The molecular formula is C12H17ClN2O. The van der Waals surface area contributed by atoms with Crippen molar-refractivity contribution < 1.29 is 4.74 Å². The van der Waals surface area contributed by atoms with Gasteiger partial charge in [-0.15, -0.1) is 0 Å². The highest BCUT2D eigenvalue weighted by molar-refractivity contribution is 6.28. The fraction of sp³-hybridized carbons (Fsp3) is 0.667. The smallest absolute Gasteiger partial charge is 0.225 e. The molecule has 1 aliphatic carbocycles. The molecule has 1 saturated carbocycles. The molecule has 2 rings (SSSR count). The second kappa shape index (κ2) is 5.00. The number of aromatic nitrogens is 2. The van der Waals surface area contributed by atoms with Gasteiger partial charge in [-0.05, 0) is 42.7 Å². The number of hydrogen-bond acceptors (Lipinski definition) is 3. The Morgan fingerprint density at radius 2 is 2.31 bits per heavy atom. The fourth-order valence-corrected chi connectivity index (χ4v) is 2.25. The van der Waals surface area contributed by atoms with E-state index in [1.165, 1.54) is 25.7 Å². The summed E-state index contributed by atoms with van der Waals surface area (Å²) in [4.78, 5) is 7.78. The first-order valence-corrected chi connectivity index (χ1v) is 6.17. The molecule has 1 heterocycles. The van der Waals surface area contributed by atoms with E-state index in [9.17, 15) is 0 Å². The summed E-state index contributed by atoms with van der Waals surface area (Å²) in [6.45, 7) is 3.07. The largest absolute Gasteiger partial charge is 0.478 e. The minimum atomic E-state index is 0.239. The van der Waals surface area contributed by atoms with E-state index in [0.717, 1.165) is 6.42 Å². The summed E-state index contributed by atoms with van der Waals surface area (Å²) in [5.41, 5.74) is 0.576. The Labute approximate surface area is 101 Å². The van der Waals surface area contributed by atoms with E-state index in [1.807, 2.05) is 0 Å². The Balaban J connectivity index is 1.68. The van der Waals surface area contributed by atoms with Crippen LogP contribution in [0.5, 0.6) is 5.88 Å². The van der Waals surface area contributed by atoms with E-state index >= 15 is 0 Å². The molecule has 0 amide bonds. The molecule has 0 aromatic carbocycles. The third-order valence-corrected chi connectivity index (χ3v) is 3.52. The zero-order chi connectivity index (χ0) is 11.4. The maximum absolute atomic E-state index is 5.66. The van der Waals surface area contributed by atoms with Crippen LogP contribution >= 0.6 is 11.6 Å². The highest BCUT2D eigenvalue weighted by Gasteiger charge is 2.30. The van der Waals surface area contributed by atoms with E-state index < -0.39 is 0 Å². The normalized spacial score (nSPS) is 17.9. The lowest BCUT2D eigenvalue weighted by Gasteiger charge is -2.38. The first-order chi connectivity index (χ1) is 7.68. The van der Waals surface area contributed by atoms with Gasteiger partial charge in [-0.3, -0.25) is 0 Å². The number of nitrogens with zero attached hydrogens (tertiary/aromatic N) is 2. The van der Waals surface area contributed by atoms with Crippen LogP contribution in [0.15, 0.2) is 12.3 Å². The van der Waals surface area contributed by atoms with E-state index in [4.69, 9.17) is 16.3 Å². The van der Waals surface area contributed by atoms with Gasteiger partial charge in [0.25, 0.3) is 0 Å². The molecule has 0 unspecified atom stereocenters. The first-order valence-electron chi connectivity index (χ1n) is 5.79. The van der Waals surface area contributed by atoms with Gasteiger partial charge in [-0.1, -0.05) is 13.3 Å². The van der Waals surface area contributed by atoms with Crippen molar-refractivity contribution in [3.8, 4) is 5.88 Å². The summed E-state index contributed by atoms with van der Waals surface area (Å²) < 4.78 is 5.52. The lowest BCUT2D eigenvalue weighted by Crippen LogP contribution is -2.25. The highest BCUT2D eigenvalue weighted by Crippen LogP contribution is 2.43. The van der Waals surface area contributed by atoms with Crippen molar-refractivity contribution in [1.29, 1.82) is 0 Å². The summed E-state index contributed by atoms with van der Waals surface area (Å²) in [5, 5.41) is 0.239. The average Bonchev–Trinajstić information content (AvgIpc) is 2.22. The molecule has 0 bridgehead atoms. The second-order valence-electron chi connectivity index (χ2n) is 4.78. The molecule has 0 spiro atoms. The summed E-state index contributed by atoms with van der Waals surface area (Å²) in [5.74, 6) is 0.568. The molecule has 0 N–H and O–H groups in total. The van der Waals surface area contributed by atoms with Gasteiger partial charge in [0.1, 0.15) is 0 Å². The third-order valence-electron chi connectivity index (χ3n) is 3.34. The maximum atomic E-state index is 5.66. The molecule has 16 heavy (non-hydrogen) atoms. The lowest BCUT2D eigenvalue weighted by atomic mass is 9.68. The molecule has 1 aromatic heterocycles. The van der Waals surface area contributed by atoms with Crippen LogP contribution in [0.1, 0.15) is 39.0 Å². The Hall–Kier alpha value is -0.830. The van der Waals surface area contributed by atoms with E-state index in [2.05, 4.69) is 16.9 Å². The van der Waals surface area contributed by atoms with Crippen LogP contribution in [0, 0.1) is 5.41 Å². The van der Waals surface area contributed by atoms with E-state index in [1.54, 1.807) is 12.3 Å². The first kappa shape index (κ1) is 11.6. The topological polar surface area (TPSA) is 35.0 Å². The fourth-order valence-electron chi connectivity index (χ4n) is 2.11. The molecule has 1 aliphatic rings. The molecule has 4 heteroatoms. The zero-order valence-electron chi connectivity index (χ0n) is 9.58. The van der Waals surface area contributed by atoms with Gasteiger partial charge in [-0.25, -0.2) is 4.98 Å². The van der Waals surface area contributed by atoms with Crippen molar-refractivity contribution >= 4 is 11.6 Å². The highest BCUT2D eigenvalue weighted by atomic mass is 35.5. The van der Waals surface area contributed by atoms with Crippen LogP contribution in [0.4, 0.5) is 0 Å². The van der Waals surface area contributed by atoms with Crippen LogP contribution in [0.2, 0.25) is 5.28 Å². The minimum Gasteiger partial charge on any atom is -0.478 e. The van der Waals surface area contributed by atoms with Crippen LogP contribution in [-0.4, -0.2) is 16.6 Å². The number of hydrogen-bond donors (Lipinski definition) is 0. The van der Waals surface area contributed by atoms with Gasteiger partial charge in [0.15, 0.2) is 0 Å². The predicted molar refractivity (Wildman–Crippen MR) is 63.7 cm³/mol. The summed E-state index contributed by atoms with van der Waals surface area (Å²) in [6.07, 6.45) is 8.05. The molecule has 3 nitrogen and oxygen atoms in total. The SMILES string of the molecule is CC1(CCCOc2ccnc(Cl)n2)CCC1. The van der Waals surface area contributed by atoms with Gasteiger partial charge in [0.2, 0.25) is 11.2 Å². The number of rotatable bonds is 5. The number of ether oxygens (including phenoxy) is 1. The number of halogens is 1. The Morgan fingerprint density at radius 1 is 1.50 bits per heavy atom. The summed E-state index contributed by atoms with van der Waals surface area (Å²) in [6, 6.07) is 1.73. The summed E-state index contributed by atoms with van der Waals surface area (Å²) >= 11 is 5.66. The molecule has 0 saturated heterocycles. The van der Waals surface area contributed by atoms with Gasteiger partial charge in [0.05, 0.1) is 6.61 Å². The minimum absolute atomic E-state index is 0.239. The molecule has 88 valence electrons. The molecule has 0 atom stereocenters. The molecule has 1 aromatic rings. The summed E-state index contributed by atoms with van der Waals surface area (Å²) in [7, 11) is 0. The van der Waals surface area contributed by atoms with Gasteiger partial charge < -0.3 is 4.74 Å². The average molecular weight is 241 g/mol. The Kier molecular flexibility index (Phi) is 3.64. The van der Waals surface area contributed by atoms with Crippen molar-refractivity contribution in [1.82, 2.24) is 9.97 Å². The monoisotopic (exact) mass is 240 g/mol. The third kappa shape index (κ3) is 3.08. The van der Waals surface area contributed by atoms with Crippen molar-refractivity contribution in [2.45, 2.75) is 39.0 Å². The van der Waals surface area contributed by atoms with E-state index in [-0.39, 0.29) is 5.28 Å². The van der Waals surface area contributed by atoms with Gasteiger partial charge >= 0.3 is 0 Å². The van der Waals surface area contributed by atoms with Crippen LogP contribution < -0.4 is 4.74 Å². The molecule has 0 radical (unpaired) electrons. The standard InChI is InChI=1S/C12H17ClN2O/c1-12(5-2-6-12)7-3-9-16-10-4-8-14-11(13)15-10/h4,8H,2-3,5-7,9H2,1H3. The Bertz CT molecular complexity index is 353. The van der Waals surface area contributed by atoms with Crippen LogP contribution in [0.25, 0.3) is 0 Å². The van der Waals surface area contributed by atoms with Crippen LogP contribution in [-0.2, 0) is 0 Å². The second-order valence-corrected chi connectivity index (χ2v) is 5.12. The van der Waals surface area contributed by atoms with Gasteiger partial charge in [-0.2, -0.15) is 4.98 Å². The molecule has 1 fully saturated rings. The van der Waals surface area contributed by atoms with E-state index in [0.29, 0.717) is 17.9 Å².